The van der Waals surface area contributed by atoms with Crippen molar-refractivity contribution in [3.63, 3.8) is 0 Å². The minimum atomic E-state index is -0.986. The molecule has 0 aromatic heterocycles. The van der Waals surface area contributed by atoms with Crippen molar-refractivity contribution >= 4 is 17.7 Å². The van der Waals surface area contributed by atoms with Crippen molar-refractivity contribution in [3.8, 4) is 11.5 Å². The van der Waals surface area contributed by atoms with Crippen LogP contribution in [0.15, 0.2) is 48.5 Å². The van der Waals surface area contributed by atoms with E-state index < -0.39 is 29.6 Å². The predicted molar refractivity (Wildman–Crippen MR) is 107 cm³/mol. The normalized spacial score (nSPS) is 11.4. The van der Waals surface area contributed by atoms with Gasteiger partial charge in [0, 0.05) is 0 Å². The molecule has 8 nitrogen and oxygen atoms in total. The van der Waals surface area contributed by atoms with E-state index >= 15 is 0 Å². The highest BCUT2D eigenvalue weighted by Gasteiger charge is 2.26. The van der Waals surface area contributed by atoms with Crippen LogP contribution < -0.4 is 25.6 Å². The summed E-state index contributed by atoms with van der Waals surface area (Å²) in [5.74, 6) is -1.87. The molecule has 2 aromatic carbocycles. The molecule has 9 heteroatoms. The van der Waals surface area contributed by atoms with Gasteiger partial charge < -0.3 is 14.8 Å². The summed E-state index contributed by atoms with van der Waals surface area (Å²) in [5.41, 5.74) is 4.29. The number of carbonyl (C=O) groups is 3. The van der Waals surface area contributed by atoms with Gasteiger partial charge in [-0.15, -0.1) is 0 Å². The van der Waals surface area contributed by atoms with Gasteiger partial charge >= 0.3 is 0 Å². The second kappa shape index (κ2) is 10.8. The Bertz CT molecular complexity index is 886. The number of ether oxygens (including phenoxy) is 2. The number of amides is 3. The van der Waals surface area contributed by atoms with Crippen LogP contribution in [-0.4, -0.2) is 37.5 Å². The number of hydrogen-bond donors (Lipinski definition) is 3. The minimum absolute atomic E-state index is 0.173. The van der Waals surface area contributed by atoms with Crippen LogP contribution >= 0.6 is 0 Å². The van der Waals surface area contributed by atoms with E-state index in [0.29, 0.717) is 11.5 Å². The van der Waals surface area contributed by atoms with Crippen LogP contribution in [0.5, 0.6) is 11.5 Å². The smallest absolute Gasteiger partial charge is 0.276 e. The molecule has 0 fully saturated rings. The number of carbonyl (C=O) groups excluding carboxylic acids is 3. The van der Waals surface area contributed by atoms with Crippen LogP contribution in [0.2, 0.25) is 0 Å². The Hall–Kier alpha value is -3.62. The second-order valence-electron chi connectivity index (χ2n) is 6.68. The number of hydrazine groups is 1. The highest BCUT2D eigenvalue weighted by molar-refractivity contribution is 5.98. The largest absolute Gasteiger partial charge is 0.497 e. The van der Waals surface area contributed by atoms with Crippen molar-refractivity contribution < 1.29 is 28.2 Å². The van der Waals surface area contributed by atoms with Gasteiger partial charge in [-0.2, -0.15) is 0 Å². The summed E-state index contributed by atoms with van der Waals surface area (Å²) in [5, 5.41) is 2.48. The fourth-order valence-corrected chi connectivity index (χ4v) is 2.47. The Kier molecular flexibility index (Phi) is 8.16. The quantitative estimate of drug-likeness (QED) is 0.568. The van der Waals surface area contributed by atoms with E-state index in [1.165, 1.54) is 25.3 Å². The molecule has 0 aliphatic carbocycles. The van der Waals surface area contributed by atoms with Crippen molar-refractivity contribution in [2.75, 3.05) is 13.7 Å². The van der Waals surface area contributed by atoms with Crippen LogP contribution in [0.4, 0.5) is 4.39 Å². The molecule has 2 rings (SSSR count). The van der Waals surface area contributed by atoms with Crippen molar-refractivity contribution in [1.82, 2.24) is 16.2 Å². The third-order valence-electron chi connectivity index (χ3n) is 4.11. The summed E-state index contributed by atoms with van der Waals surface area (Å²) in [6, 6.07) is 11.1. The molecule has 0 heterocycles. The molecule has 0 bridgehead atoms. The summed E-state index contributed by atoms with van der Waals surface area (Å²) in [6.07, 6.45) is 0. The van der Waals surface area contributed by atoms with Crippen molar-refractivity contribution in [3.05, 3.63) is 59.9 Å². The lowest BCUT2D eigenvalue weighted by atomic mass is 10.0. The number of benzene rings is 2. The van der Waals surface area contributed by atoms with E-state index in [1.807, 2.05) is 0 Å². The number of hydrogen-bond acceptors (Lipinski definition) is 5. The SMILES string of the molecule is COc1ccc(OCC(=O)NNC(=O)[C@@H](NC(=O)c2ccccc2F)C(C)C)cc1. The third kappa shape index (κ3) is 6.47. The first-order chi connectivity index (χ1) is 14.3. The average molecular weight is 417 g/mol. The zero-order valence-corrected chi connectivity index (χ0v) is 16.9. The lowest BCUT2D eigenvalue weighted by Crippen LogP contribution is -2.55. The lowest BCUT2D eigenvalue weighted by molar-refractivity contribution is -0.131. The maximum atomic E-state index is 13.8. The van der Waals surface area contributed by atoms with Gasteiger partial charge in [0.15, 0.2) is 6.61 Å². The van der Waals surface area contributed by atoms with Gasteiger partial charge in [0.05, 0.1) is 12.7 Å². The maximum Gasteiger partial charge on any atom is 0.276 e. The number of rotatable bonds is 8. The molecule has 0 aliphatic heterocycles. The van der Waals surface area contributed by atoms with Gasteiger partial charge in [-0.05, 0) is 42.3 Å². The van der Waals surface area contributed by atoms with E-state index in [9.17, 15) is 18.8 Å². The van der Waals surface area contributed by atoms with Gasteiger partial charge in [0.2, 0.25) is 0 Å². The standard InChI is InChI=1S/C21H24FN3O5/c1-13(2)19(23-20(27)16-6-4-5-7-17(16)22)21(28)25-24-18(26)12-30-15-10-8-14(29-3)9-11-15/h4-11,13,19H,12H2,1-3H3,(H,23,27)(H,24,26)(H,25,28)/t19-/m0/s1. The first-order valence-electron chi connectivity index (χ1n) is 9.22. The van der Waals surface area contributed by atoms with Crippen LogP contribution in [-0.2, 0) is 9.59 Å². The zero-order valence-electron chi connectivity index (χ0n) is 16.9. The first kappa shape index (κ1) is 22.7. The topological polar surface area (TPSA) is 106 Å². The molecule has 30 heavy (non-hydrogen) atoms. The first-order valence-corrected chi connectivity index (χ1v) is 9.22. The fraction of sp³-hybridized carbons (Fsp3) is 0.286. The lowest BCUT2D eigenvalue weighted by Gasteiger charge is -2.22. The summed E-state index contributed by atoms with van der Waals surface area (Å²) >= 11 is 0. The molecule has 160 valence electrons. The number of halogens is 1. The van der Waals surface area contributed by atoms with Crippen molar-refractivity contribution in [1.29, 1.82) is 0 Å². The van der Waals surface area contributed by atoms with Gasteiger partial charge in [-0.3, -0.25) is 25.2 Å². The summed E-state index contributed by atoms with van der Waals surface area (Å²) in [4.78, 5) is 36.6. The van der Waals surface area contributed by atoms with Crippen molar-refractivity contribution in [2.24, 2.45) is 5.92 Å². The molecule has 0 radical (unpaired) electrons. The van der Waals surface area contributed by atoms with E-state index in [-0.39, 0.29) is 18.1 Å². The van der Waals surface area contributed by atoms with E-state index in [0.717, 1.165) is 6.07 Å². The molecule has 2 aromatic rings. The maximum absolute atomic E-state index is 13.8. The molecule has 1 atom stereocenters. The van der Waals surface area contributed by atoms with Gasteiger partial charge in [0.25, 0.3) is 17.7 Å². The highest BCUT2D eigenvalue weighted by Crippen LogP contribution is 2.16. The molecule has 3 N–H and O–H groups in total. The Labute approximate surface area is 173 Å². The summed E-state index contributed by atoms with van der Waals surface area (Å²) in [7, 11) is 1.54. The predicted octanol–water partition coefficient (Wildman–Crippen LogP) is 1.82. The van der Waals surface area contributed by atoms with Crippen LogP contribution in [0.1, 0.15) is 24.2 Å². The number of methoxy groups -OCH3 is 1. The second-order valence-corrected chi connectivity index (χ2v) is 6.68. The van der Waals surface area contributed by atoms with Crippen molar-refractivity contribution in [2.45, 2.75) is 19.9 Å². The van der Waals surface area contributed by atoms with Gasteiger partial charge in [-0.1, -0.05) is 26.0 Å². The van der Waals surface area contributed by atoms with Gasteiger partial charge in [-0.25, -0.2) is 4.39 Å². The minimum Gasteiger partial charge on any atom is -0.497 e. The third-order valence-corrected chi connectivity index (χ3v) is 4.11. The Morgan fingerprint density at radius 3 is 2.20 bits per heavy atom. The van der Waals surface area contributed by atoms with Crippen LogP contribution in [0.25, 0.3) is 0 Å². The zero-order chi connectivity index (χ0) is 22.1. The van der Waals surface area contributed by atoms with E-state index in [2.05, 4.69) is 16.2 Å². The molecule has 0 unspecified atom stereocenters. The van der Waals surface area contributed by atoms with Gasteiger partial charge in [0.1, 0.15) is 23.4 Å². The molecule has 3 amide bonds. The van der Waals surface area contributed by atoms with Crippen LogP contribution in [0, 0.1) is 11.7 Å². The van der Waals surface area contributed by atoms with E-state index in [4.69, 9.17) is 9.47 Å². The average Bonchev–Trinajstić information content (AvgIpc) is 2.74. The summed E-state index contributed by atoms with van der Waals surface area (Å²) in [6.45, 7) is 3.08. The molecular weight excluding hydrogens is 393 g/mol. The van der Waals surface area contributed by atoms with E-state index in [1.54, 1.807) is 38.1 Å². The fourth-order valence-electron chi connectivity index (χ4n) is 2.47. The molecular formula is C21H24FN3O5. The number of nitrogens with one attached hydrogen (secondary N) is 3. The van der Waals surface area contributed by atoms with Crippen LogP contribution in [0.3, 0.4) is 0 Å². The molecule has 0 spiro atoms. The molecule has 0 saturated heterocycles. The Balaban J connectivity index is 1.86. The Morgan fingerprint density at radius 1 is 0.967 bits per heavy atom. The molecule has 0 saturated carbocycles. The Morgan fingerprint density at radius 2 is 1.60 bits per heavy atom. The molecule has 0 aliphatic rings. The monoisotopic (exact) mass is 417 g/mol. The highest BCUT2D eigenvalue weighted by atomic mass is 19.1. The summed E-state index contributed by atoms with van der Waals surface area (Å²) < 4.78 is 24.1.